The summed E-state index contributed by atoms with van der Waals surface area (Å²) in [5, 5.41) is 21.1. The number of rotatable bonds is 4. The number of halogens is 3. The Kier molecular flexibility index (Phi) is 59.9. The molecular formula is C42H66I3N12NaS5. The van der Waals surface area contributed by atoms with Crippen molar-refractivity contribution in [2.45, 2.75) is 106 Å². The minimum absolute atomic E-state index is 0. The summed E-state index contributed by atoms with van der Waals surface area (Å²) in [6.07, 6.45) is 10.0. The van der Waals surface area contributed by atoms with Crippen LogP contribution in [0.2, 0.25) is 0 Å². The molecule has 5 heterocycles. The van der Waals surface area contributed by atoms with E-state index >= 15 is 0 Å². The summed E-state index contributed by atoms with van der Waals surface area (Å²) in [6.45, 7) is 19.8. The van der Waals surface area contributed by atoms with E-state index in [1.54, 1.807) is 43.1 Å². The van der Waals surface area contributed by atoms with Crippen LogP contribution in [0.4, 0.5) is 28.4 Å². The Hall–Kier alpha value is -1.59. The molecule has 346 valence electrons. The number of aromatic amines is 1. The number of aryl methyl sites for hydroxylation is 6. The van der Waals surface area contributed by atoms with Crippen molar-refractivity contribution in [2.24, 2.45) is 0 Å². The van der Waals surface area contributed by atoms with Gasteiger partial charge in [0.25, 0.3) is 0 Å². The second-order valence-corrected chi connectivity index (χ2v) is 19.1. The van der Waals surface area contributed by atoms with Crippen LogP contribution in [0.25, 0.3) is 0 Å². The molecule has 0 aliphatic heterocycles. The summed E-state index contributed by atoms with van der Waals surface area (Å²) in [4.78, 5) is 21.5. The Morgan fingerprint density at radius 3 is 1.19 bits per heavy atom. The van der Waals surface area contributed by atoms with Gasteiger partial charge in [-0.1, -0.05) is 134 Å². The van der Waals surface area contributed by atoms with Gasteiger partial charge in [-0.05, 0) is 126 Å². The maximum atomic E-state index is 8.31. The van der Waals surface area contributed by atoms with Crippen LogP contribution in [-0.2, 0) is 12.6 Å². The van der Waals surface area contributed by atoms with Crippen molar-refractivity contribution in [3.63, 3.8) is 0 Å². The quantitative estimate of drug-likeness (QED) is 0.0143. The fourth-order valence-corrected chi connectivity index (χ4v) is 5.39. The number of hydrogen-bond acceptors (Lipinski definition) is 16. The monoisotopic (exact) mass is 1300 g/mol. The molecule has 5 rings (SSSR count). The molecule has 0 atom stereocenters. The summed E-state index contributed by atoms with van der Waals surface area (Å²) in [7, 11) is 3.04. The van der Waals surface area contributed by atoms with E-state index in [0.717, 1.165) is 78.1 Å². The molecule has 11 N–H and O–H groups in total. The topological polar surface area (TPSA) is 245 Å². The van der Waals surface area contributed by atoms with Crippen LogP contribution in [0.3, 0.4) is 0 Å². The molecule has 0 radical (unpaired) electrons. The van der Waals surface area contributed by atoms with Crippen LogP contribution < -0.4 is 58.2 Å². The summed E-state index contributed by atoms with van der Waals surface area (Å²) in [6, 6.07) is 9.04. The number of H-pyrrole nitrogens is 1. The van der Waals surface area contributed by atoms with Gasteiger partial charge in [0.15, 0.2) is 0 Å². The molecule has 0 spiro atoms. The number of hydrogen-bond donors (Lipinski definition) is 6. The number of thiocyanates is 2. The van der Waals surface area contributed by atoms with Crippen LogP contribution >= 0.6 is 113 Å². The van der Waals surface area contributed by atoms with Crippen molar-refractivity contribution in [1.82, 2.24) is 24.9 Å². The number of nitrogens with zero attached hydrogens (tertiary/aromatic N) is 6. The van der Waals surface area contributed by atoms with Gasteiger partial charge in [0.2, 0.25) is 0 Å². The van der Waals surface area contributed by atoms with Gasteiger partial charge in [-0.3, -0.25) is 4.98 Å². The van der Waals surface area contributed by atoms with Crippen molar-refractivity contribution in [3.8, 4) is 10.8 Å². The maximum absolute atomic E-state index is 8.31. The third-order valence-electron chi connectivity index (χ3n) is 6.18. The van der Waals surface area contributed by atoms with E-state index in [2.05, 4.69) is 119 Å². The molecule has 0 aliphatic carbocycles. The largest absolute Gasteiger partial charge is 1.00 e. The minimum Gasteiger partial charge on any atom is -0.696 e. The first-order chi connectivity index (χ1) is 28.4. The van der Waals surface area contributed by atoms with E-state index in [0.29, 0.717) is 15.4 Å². The Morgan fingerprint density at radius 2 is 0.921 bits per heavy atom. The summed E-state index contributed by atoms with van der Waals surface area (Å²) in [5.74, 6) is 0. The Bertz CT molecular complexity index is 2000. The van der Waals surface area contributed by atoms with Gasteiger partial charge in [0, 0.05) is 76.9 Å². The fourth-order valence-electron chi connectivity index (χ4n) is 3.05. The molecule has 12 nitrogen and oxygen atoms in total. The van der Waals surface area contributed by atoms with Gasteiger partial charge >= 0.3 is 29.6 Å². The molecule has 0 saturated heterocycles. The maximum Gasteiger partial charge on any atom is 1.00 e. The van der Waals surface area contributed by atoms with Crippen LogP contribution in [-0.4, -0.2) is 32.3 Å². The van der Waals surface area contributed by atoms with E-state index < -0.39 is 0 Å². The molecule has 0 saturated carbocycles. The molecule has 0 aliphatic rings. The number of pyridine rings is 5. The van der Waals surface area contributed by atoms with E-state index in [-0.39, 0.29) is 44.4 Å². The minimum atomic E-state index is 0. The second kappa shape index (κ2) is 49.8. The Balaban J connectivity index is -0.000000123. The van der Waals surface area contributed by atoms with Crippen molar-refractivity contribution in [3.05, 3.63) is 99.5 Å². The Labute approximate surface area is 465 Å². The van der Waals surface area contributed by atoms with Gasteiger partial charge < -0.3 is 46.3 Å². The first-order valence-electron chi connectivity index (χ1n) is 17.7. The van der Waals surface area contributed by atoms with Crippen molar-refractivity contribution in [2.75, 3.05) is 36.0 Å². The predicted molar refractivity (Wildman–Crippen MR) is 309 cm³/mol. The van der Waals surface area contributed by atoms with E-state index in [4.69, 9.17) is 51.4 Å². The molecule has 5 aromatic heterocycles. The third kappa shape index (κ3) is 40.4. The number of nitrogens with two attached hydrogens (primary N) is 5. The zero-order valence-electron chi connectivity index (χ0n) is 36.9. The molecule has 0 amide bonds. The van der Waals surface area contributed by atoms with Gasteiger partial charge in [-0.2, -0.15) is 5.26 Å². The smallest absolute Gasteiger partial charge is 0.696 e. The van der Waals surface area contributed by atoms with Gasteiger partial charge in [-0.25, -0.2) is 20.2 Å². The van der Waals surface area contributed by atoms with Gasteiger partial charge in [-0.15, -0.1) is 0 Å². The van der Waals surface area contributed by atoms with Crippen molar-refractivity contribution < 1.29 is 29.6 Å². The first kappa shape index (κ1) is 75.7. The summed E-state index contributed by atoms with van der Waals surface area (Å²) >= 11 is 16.2. The standard InChI is InChI=1S/C12H14N4S2.C7H7N3S.C7H10N2.C6H8N2S.C3H8.C2H6.CH2I2.CH3I.CHNS.2CH4.Na/c1-7-5-15-11(3-9(7)13)17-18-12-4-10(14)8(2)6-16-12;1-5-3-10-7(11-4-8)2-6(5)9;1-5-4-9-6(2)3-7(5)8;1-4-3-8-6(9)2-5(4)7;1-3-2;1-2;2-1-3;1-2;2-1-3;;;/h3-6H,1-2H3,(H2,13,15)(H2,14,16);2-3H,1H3,(H2,9,10);3-4H,1-2H3,(H2,8,9);2-3H,1H3,(H3,7,8,9);3H2,1-2H3;1-2H3;1H2;1H3;3H;2*1H4;/q;;;;;;;;;;;+1/p-1. The number of aromatic nitrogens is 5. The molecule has 5 aromatic rings. The number of nitriles is 2. The molecule has 0 unspecified atom stereocenters. The van der Waals surface area contributed by atoms with E-state index in [1.165, 1.54) is 35.8 Å². The third-order valence-corrected chi connectivity index (χ3v) is 9.08. The van der Waals surface area contributed by atoms with E-state index in [1.807, 2.05) is 83.9 Å². The summed E-state index contributed by atoms with van der Waals surface area (Å²) < 4.78 is 1.87. The second-order valence-electron chi connectivity index (χ2n) is 11.0. The molecule has 0 bridgehead atoms. The number of anilines is 5. The number of thioether (sulfide) groups is 1. The van der Waals surface area contributed by atoms with Gasteiger partial charge in [0.05, 0.1) is 2.43 Å². The molecular weight excluding hydrogens is 1240 g/mol. The Morgan fingerprint density at radius 1 is 0.635 bits per heavy atom. The predicted octanol–water partition coefficient (Wildman–Crippen LogP) is 11.1. The molecule has 21 heteroatoms. The van der Waals surface area contributed by atoms with Crippen LogP contribution in [0.1, 0.15) is 82.5 Å². The molecule has 0 aromatic carbocycles. The van der Waals surface area contributed by atoms with E-state index in [9.17, 15) is 0 Å². The normalized spacial score (nSPS) is 8.19. The zero-order chi connectivity index (χ0) is 47.2. The van der Waals surface area contributed by atoms with Gasteiger partial charge in [0.1, 0.15) is 25.1 Å². The van der Waals surface area contributed by atoms with Crippen LogP contribution in [0.5, 0.6) is 0 Å². The fraction of sp³-hybridized carbons (Fsp3) is 0.357. The van der Waals surface area contributed by atoms with Crippen LogP contribution in [0.15, 0.2) is 76.4 Å². The average Bonchev–Trinajstić information content (AvgIpc) is 3.21. The van der Waals surface area contributed by atoms with Crippen molar-refractivity contribution in [1.29, 1.82) is 10.5 Å². The SMILES string of the molecule is C.C.CC.CCC.CI.Cc1c[nH]c(=S)cc1N.Cc1cc(N)c(C)cn1.Cc1cnc(SC#N)cc1N.Cc1cnc(SSc2cc(N)c(C)cn2)cc1N.ICI.N#C[S-].[Na+]. The number of nitrogen functional groups attached to an aromatic ring is 5. The first-order valence-corrected chi connectivity index (χ1v) is 26.6. The number of nitrogens with one attached hydrogen (secondary N) is 1. The van der Waals surface area contributed by atoms with Crippen LogP contribution in [0, 0.1) is 67.5 Å². The average molecular weight is 1300 g/mol. The zero-order valence-corrected chi connectivity index (χ0v) is 49.5. The van der Waals surface area contributed by atoms with Crippen molar-refractivity contribution >= 4 is 154 Å². The molecule has 0 fully saturated rings. The number of alkyl halides is 3. The molecule has 63 heavy (non-hydrogen) atoms. The summed E-state index contributed by atoms with van der Waals surface area (Å²) in [5.41, 5.74) is 38.1.